The molecule has 0 aromatic heterocycles. The molecule has 4 aromatic rings. The molecule has 0 saturated carbocycles. The zero-order valence-electron chi connectivity index (χ0n) is 24.2. The second-order valence-corrected chi connectivity index (χ2v) is 10.2. The molecule has 0 radical (unpaired) electrons. The predicted molar refractivity (Wildman–Crippen MR) is 164 cm³/mol. The van der Waals surface area contributed by atoms with E-state index in [9.17, 15) is 28.8 Å². The van der Waals surface area contributed by atoms with Gasteiger partial charge in [-0.05, 0) is 38.1 Å². The third kappa shape index (κ3) is 5.27. The van der Waals surface area contributed by atoms with Gasteiger partial charge >= 0.3 is 0 Å². The number of benzene rings is 4. The van der Waals surface area contributed by atoms with Crippen molar-refractivity contribution in [1.29, 1.82) is 0 Å². The summed E-state index contributed by atoms with van der Waals surface area (Å²) in [6.45, 7) is 3.05. The molecule has 7 heteroatoms. The topological polar surface area (TPSA) is 112 Å². The van der Waals surface area contributed by atoms with Gasteiger partial charge in [-0.15, -0.1) is 0 Å². The molecule has 0 heterocycles. The molecule has 6 rings (SSSR count). The van der Waals surface area contributed by atoms with Gasteiger partial charge in [0.25, 0.3) is 0 Å². The van der Waals surface area contributed by atoms with Gasteiger partial charge < -0.3 is 4.74 Å². The van der Waals surface area contributed by atoms with Gasteiger partial charge in [0, 0.05) is 44.5 Å². The molecule has 0 bridgehead atoms. The number of fused-ring (bicyclic) bond motifs is 2. The minimum atomic E-state index is -0.446. The number of carbonyl (C=O) groups is 6. The highest BCUT2D eigenvalue weighted by atomic mass is 16.5. The quantitative estimate of drug-likeness (QED) is 0.194. The van der Waals surface area contributed by atoms with Crippen LogP contribution in [0.2, 0.25) is 0 Å². The maximum Gasteiger partial charge on any atom is 0.198 e. The molecule has 0 spiro atoms. The smallest absolute Gasteiger partial charge is 0.198 e. The van der Waals surface area contributed by atoms with Crippen LogP contribution in [-0.2, 0) is 0 Å². The second kappa shape index (κ2) is 12.2. The van der Waals surface area contributed by atoms with E-state index in [-0.39, 0.29) is 45.2 Å². The molecule has 0 atom stereocenters. The maximum atomic E-state index is 12.7. The van der Waals surface area contributed by atoms with Crippen LogP contribution >= 0.6 is 0 Å². The van der Waals surface area contributed by atoms with Crippen molar-refractivity contribution in [2.45, 2.75) is 13.8 Å². The minimum absolute atomic E-state index is 0.0232. The number of hydrogen-bond donors (Lipinski definition) is 0. The summed E-state index contributed by atoms with van der Waals surface area (Å²) in [5.41, 5.74) is 2.37. The van der Waals surface area contributed by atoms with E-state index in [0.29, 0.717) is 33.6 Å². The van der Waals surface area contributed by atoms with Gasteiger partial charge in [0.15, 0.2) is 34.7 Å². The van der Waals surface area contributed by atoms with Crippen molar-refractivity contribution in [1.82, 2.24) is 0 Å². The summed E-state index contributed by atoms with van der Waals surface area (Å²) in [6.07, 6.45) is 0. The van der Waals surface area contributed by atoms with Crippen LogP contribution in [0.25, 0.3) is 0 Å². The van der Waals surface area contributed by atoms with Crippen LogP contribution in [0.1, 0.15) is 76.0 Å². The Hall–Kier alpha value is -5.82. The van der Waals surface area contributed by atoms with E-state index in [1.54, 1.807) is 103 Å². The number of Topliss-reactive ketones (excluding diaryl/α,β-unsaturated/α-hetero) is 6. The normalized spacial score (nSPS) is 14.0. The fraction of sp³-hybridized carbons (Fsp3) is 0.0811. The Balaban J connectivity index is 0.000000175. The Bertz CT molecular complexity index is 1940. The van der Waals surface area contributed by atoms with E-state index in [4.69, 9.17) is 4.74 Å². The Labute approximate surface area is 253 Å². The largest absolute Gasteiger partial charge is 0.497 e. The molecular weight excluding hydrogens is 556 g/mol. The Morgan fingerprint density at radius 2 is 0.795 bits per heavy atom. The molecule has 4 aromatic carbocycles. The highest BCUT2D eigenvalue weighted by Gasteiger charge is 2.35. The number of rotatable bonds is 5. The van der Waals surface area contributed by atoms with Crippen molar-refractivity contribution >= 4 is 34.7 Å². The zero-order chi connectivity index (χ0) is 31.5. The van der Waals surface area contributed by atoms with Crippen LogP contribution in [0.5, 0.6) is 5.75 Å². The van der Waals surface area contributed by atoms with E-state index in [1.165, 1.54) is 21.0 Å². The lowest BCUT2D eigenvalue weighted by atomic mass is 9.82. The van der Waals surface area contributed by atoms with Crippen LogP contribution in [0.4, 0.5) is 0 Å². The Morgan fingerprint density at radius 1 is 0.455 bits per heavy atom. The molecule has 2 aliphatic carbocycles. The number of hydrogen-bond acceptors (Lipinski definition) is 7. The van der Waals surface area contributed by atoms with Gasteiger partial charge in [-0.1, -0.05) is 78.9 Å². The summed E-state index contributed by atoms with van der Waals surface area (Å²) in [7, 11) is 1.53. The summed E-state index contributed by atoms with van der Waals surface area (Å²) in [5.74, 6) is -1.56. The van der Waals surface area contributed by atoms with Crippen LogP contribution in [-0.4, -0.2) is 41.8 Å². The van der Waals surface area contributed by atoms with Gasteiger partial charge in [0.1, 0.15) is 5.75 Å². The van der Waals surface area contributed by atoms with Crippen LogP contribution in [0.15, 0.2) is 125 Å². The van der Waals surface area contributed by atoms with E-state index in [1.807, 2.05) is 0 Å². The van der Waals surface area contributed by atoms with E-state index in [0.717, 1.165) is 0 Å². The number of methoxy groups -OCH3 is 1. The Morgan fingerprint density at radius 3 is 1.18 bits per heavy atom. The van der Waals surface area contributed by atoms with Crippen LogP contribution in [0, 0.1) is 0 Å². The number of ether oxygens (including phenoxy) is 1. The van der Waals surface area contributed by atoms with Crippen LogP contribution < -0.4 is 4.74 Å². The molecule has 216 valence electrons. The molecule has 0 saturated heterocycles. The average molecular weight is 583 g/mol. The standard InChI is InChI=1S/C19H14O4.C18H12O3/c1-11-16(18(21)12-7-9-13(23-2)10-8-12)19(22)15-6-4-3-5-14(15)17(11)20;1-11-15(17(20)12-7-3-2-4-8-12)18(21)14-10-6-5-9-13(14)16(11)19/h3-10H,1-2H3;2-10H,1H3. The Kier molecular flexibility index (Phi) is 8.22. The number of allylic oxidation sites excluding steroid dienone is 4. The first-order valence-corrected chi connectivity index (χ1v) is 13.7. The third-order valence-corrected chi connectivity index (χ3v) is 7.56. The molecule has 0 unspecified atom stereocenters. The summed E-state index contributed by atoms with van der Waals surface area (Å²) >= 11 is 0. The SMILES string of the molecule is CC1=C(C(=O)c2ccccc2)C(=O)c2ccccc2C1=O.COc1ccc(C(=O)C2=C(C)C(=O)c3ccccc3C2=O)cc1. The molecule has 44 heavy (non-hydrogen) atoms. The van der Waals surface area contributed by atoms with Gasteiger partial charge in [0.05, 0.1) is 18.3 Å². The third-order valence-electron chi connectivity index (χ3n) is 7.56. The molecule has 2 aliphatic rings. The summed E-state index contributed by atoms with van der Waals surface area (Å²) in [6, 6.07) is 28.1. The number of ketones is 6. The first-order valence-electron chi connectivity index (χ1n) is 13.7. The molecule has 0 amide bonds. The lowest BCUT2D eigenvalue weighted by Gasteiger charge is -2.18. The average Bonchev–Trinajstić information content (AvgIpc) is 3.07. The summed E-state index contributed by atoms with van der Waals surface area (Å²) in [5, 5.41) is 0. The van der Waals surface area contributed by atoms with Crippen molar-refractivity contribution in [2.24, 2.45) is 0 Å². The van der Waals surface area contributed by atoms with E-state index >= 15 is 0 Å². The van der Waals surface area contributed by atoms with Crippen molar-refractivity contribution in [3.8, 4) is 5.75 Å². The van der Waals surface area contributed by atoms with E-state index in [2.05, 4.69) is 0 Å². The molecule has 0 aliphatic heterocycles. The second-order valence-electron chi connectivity index (χ2n) is 10.2. The van der Waals surface area contributed by atoms with Crippen molar-refractivity contribution in [2.75, 3.05) is 7.11 Å². The molecular formula is C37H26O7. The van der Waals surface area contributed by atoms with E-state index < -0.39 is 17.3 Å². The van der Waals surface area contributed by atoms with Crippen molar-refractivity contribution < 1.29 is 33.5 Å². The first-order chi connectivity index (χ1) is 21.1. The minimum Gasteiger partial charge on any atom is -0.497 e. The molecule has 0 fully saturated rings. The monoisotopic (exact) mass is 582 g/mol. The predicted octanol–water partition coefficient (Wildman–Crippen LogP) is 6.54. The highest BCUT2D eigenvalue weighted by Crippen LogP contribution is 2.30. The van der Waals surface area contributed by atoms with Gasteiger partial charge in [-0.25, -0.2) is 0 Å². The van der Waals surface area contributed by atoms with Gasteiger partial charge in [0.2, 0.25) is 0 Å². The fourth-order valence-electron chi connectivity index (χ4n) is 5.17. The lowest BCUT2D eigenvalue weighted by molar-refractivity contribution is 0.0922. The van der Waals surface area contributed by atoms with Crippen molar-refractivity contribution in [3.63, 3.8) is 0 Å². The molecule has 7 nitrogen and oxygen atoms in total. The fourth-order valence-corrected chi connectivity index (χ4v) is 5.17. The highest BCUT2D eigenvalue weighted by molar-refractivity contribution is 6.40. The van der Waals surface area contributed by atoms with Gasteiger partial charge in [-0.3, -0.25) is 28.8 Å². The zero-order valence-corrected chi connectivity index (χ0v) is 24.2. The summed E-state index contributed by atoms with van der Waals surface area (Å²) in [4.78, 5) is 75.2. The molecule has 0 N–H and O–H groups in total. The first kappa shape index (κ1) is 29.7. The van der Waals surface area contributed by atoms with Gasteiger partial charge in [-0.2, -0.15) is 0 Å². The lowest BCUT2D eigenvalue weighted by Crippen LogP contribution is -2.25. The summed E-state index contributed by atoms with van der Waals surface area (Å²) < 4.78 is 5.06. The maximum absolute atomic E-state index is 12.7. The van der Waals surface area contributed by atoms with Crippen LogP contribution in [0.3, 0.4) is 0 Å². The number of carbonyl (C=O) groups excluding carboxylic acids is 6. The van der Waals surface area contributed by atoms with Crippen molar-refractivity contribution in [3.05, 3.63) is 159 Å².